The summed E-state index contributed by atoms with van der Waals surface area (Å²) in [6.45, 7) is 6.03. The molecular weight excluding hydrogens is 260 g/mol. The van der Waals surface area contributed by atoms with E-state index in [1.807, 2.05) is 6.07 Å². The van der Waals surface area contributed by atoms with Crippen LogP contribution in [0.25, 0.3) is 0 Å². The summed E-state index contributed by atoms with van der Waals surface area (Å²) in [5.74, 6) is 0.952. The van der Waals surface area contributed by atoms with Gasteiger partial charge in [-0.25, -0.2) is 4.98 Å². The van der Waals surface area contributed by atoms with Crippen LogP contribution in [0.1, 0.15) is 25.3 Å². The third kappa shape index (κ3) is 3.38. The quantitative estimate of drug-likeness (QED) is 0.898. The lowest BCUT2D eigenvalue weighted by atomic mass is 10.2. The number of anilines is 1. The Morgan fingerprint density at radius 2 is 2.37 bits per heavy atom. The molecule has 0 aliphatic carbocycles. The third-order valence-corrected chi connectivity index (χ3v) is 4.26. The maximum absolute atomic E-state index is 6.05. The minimum Gasteiger partial charge on any atom is -0.358 e. The Morgan fingerprint density at radius 3 is 3.05 bits per heavy atom. The molecule has 0 saturated carbocycles. The highest BCUT2D eigenvalue weighted by molar-refractivity contribution is 6.31. The molecule has 1 aromatic rings. The standard InChI is InChI=1S/C14H23ClN4/c1-3-19-6-4-5-12(19)10-18(2)14-7-11(8-16)13(15)9-17-14/h7,9,12H,3-6,8,10,16H2,1-2H3. The second-order valence-corrected chi connectivity index (χ2v) is 5.55. The average Bonchev–Trinajstić information content (AvgIpc) is 2.86. The largest absolute Gasteiger partial charge is 0.358 e. The van der Waals surface area contributed by atoms with E-state index in [1.165, 1.54) is 19.4 Å². The van der Waals surface area contributed by atoms with Gasteiger partial charge < -0.3 is 10.6 Å². The van der Waals surface area contributed by atoms with E-state index in [4.69, 9.17) is 17.3 Å². The van der Waals surface area contributed by atoms with Crippen molar-refractivity contribution in [1.29, 1.82) is 0 Å². The zero-order valence-corrected chi connectivity index (χ0v) is 12.5. The van der Waals surface area contributed by atoms with Gasteiger partial charge in [-0.15, -0.1) is 0 Å². The van der Waals surface area contributed by atoms with Crippen LogP contribution in [0, 0.1) is 0 Å². The predicted octanol–water partition coefficient (Wildman–Crippen LogP) is 2.11. The second-order valence-electron chi connectivity index (χ2n) is 5.14. The van der Waals surface area contributed by atoms with E-state index in [1.54, 1.807) is 6.20 Å². The lowest BCUT2D eigenvalue weighted by Gasteiger charge is -2.28. The maximum Gasteiger partial charge on any atom is 0.128 e. The van der Waals surface area contributed by atoms with Crippen LogP contribution in [0.4, 0.5) is 5.82 Å². The molecule has 106 valence electrons. The predicted molar refractivity (Wildman–Crippen MR) is 80.7 cm³/mol. The summed E-state index contributed by atoms with van der Waals surface area (Å²) in [4.78, 5) is 9.14. The molecule has 1 aromatic heterocycles. The van der Waals surface area contributed by atoms with Crippen LogP contribution in [-0.4, -0.2) is 42.6 Å². The number of hydrogen-bond acceptors (Lipinski definition) is 4. The molecule has 0 radical (unpaired) electrons. The summed E-state index contributed by atoms with van der Waals surface area (Å²) in [7, 11) is 2.09. The summed E-state index contributed by atoms with van der Waals surface area (Å²) in [6.07, 6.45) is 4.27. The molecule has 2 rings (SSSR count). The molecule has 1 aliphatic heterocycles. The van der Waals surface area contributed by atoms with Gasteiger partial charge in [0.05, 0.1) is 5.02 Å². The van der Waals surface area contributed by atoms with Gasteiger partial charge in [0, 0.05) is 32.4 Å². The van der Waals surface area contributed by atoms with Crippen molar-refractivity contribution in [1.82, 2.24) is 9.88 Å². The highest BCUT2D eigenvalue weighted by atomic mass is 35.5. The molecule has 5 heteroatoms. The van der Waals surface area contributed by atoms with Gasteiger partial charge in [0.1, 0.15) is 5.82 Å². The zero-order valence-electron chi connectivity index (χ0n) is 11.8. The first-order valence-corrected chi connectivity index (χ1v) is 7.33. The SMILES string of the molecule is CCN1CCCC1CN(C)c1cc(CN)c(Cl)cn1. The van der Waals surface area contributed by atoms with E-state index in [2.05, 4.69) is 28.8 Å². The zero-order chi connectivity index (χ0) is 13.8. The van der Waals surface area contributed by atoms with Gasteiger partial charge in [0.25, 0.3) is 0 Å². The van der Waals surface area contributed by atoms with Crippen molar-refractivity contribution in [2.45, 2.75) is 32.4 Å². The first-order chi connectivity index (χ1) is 9.15. The summed E-state index contributed by atoms with van der Waals surface area (Å²) in [5, 5.41) is 0.649. The number of likely N-dealkylation sites (tertiary alicyclic amines) is 1. The molecule has 0 spiro atoms. The lowest BCUT2D eigenvalue weighted by Crippen LogP contribution is -2.39. The molecule has 0 amide bonds. The molecule has 0 aromatic carbocycles. The first-order valence-electron chi connectivity index (χ1n) is 6.95. The van der Waals surface area contributed by atoms with Crippen LogP contribution < -0.4 is 10.6 Å². The molecule has 1 fully saturated rings. The monoisotopic (exact) mass is 282 g/mol. The van der Waals surface area contributed by atoms with Crippen LogP contribution in [0.3, 0.4) is 0 Å². The maximum atomic E-state index is 6.05. The van der Waals surface area contributed by atoms with Crippen LogP contribution >= 0.6 is 11.6 Å². The summed E-state index contributed by atoms with van der Waals surface area (Å²) >= 11 is 6.05. The van der Waals surface area contributed by atoms with Crippen LogP contribution in [0.2, 0.25) is 5.02 Å². The summed E-state index contributed by atoms with van der Waals surface area (Å²) < 4.78 is 0. The number of halogens is 1. The third-order valence-electron chi connectivity index (χ3n) is 3.92. The second kappa shape index (κ2) is 6.55. The van der Waals surface area contributed by atoms with Gasteiger partial charge in [-0.05, 0) is 37.6 Å². The number of likely N-dealkylation sites (N-methyl/N-ethyl adjacent to an activating group) is 2. The summed E-state index contributed by atoms with van der Waals surface area (Å²) in [6, 6.07) is 2.63. The van der Waals surface area contributed by atoms with Gasteiger partial charge in [-0.3, -0.25) is 4.90 Å². The fourth-order valence-electron chi connectivity index (χ4n) is 2.76. The van der Waals surface area contributed by atoms with E-state index < -0.39 is 0 Å². The van der Waals surface area contributed by atoms with E-state index >= 15 is 0 Å². The molecule has 2 N–H and O–H groups in total. The van der Waals surface area contributed by atoms with E-state index in [0.717, 1.165) is 24.5 Å². The van der Waals surface area contributed by atoms with Gasteiger partial charge in [-0.1, -0.05) is 18.5 Å². The Morgan fingerprint density at radius 1 is 1.58 bits per heavy atom. The minimum atomic E-state index is 0.451. The van der Waals surface area contributed by atoms with Gasteiger partial charge in [0.2, 0.25) is 0 Å². The van der Waals surface area contributed by atoms with Gasteiger partial charge in [-0.2, -0.15) is 0 Å². The van der Waals surface area contributed by atoms with E-state index in [9.17, 15) is 0 Å². The number of pyridine rings is 1. The molecule has 4 nitrogen and oxygen atoms in total. The molecular formula is C14H23ClN4. The first kappa shape index (κ1) is 14.6. The molecule has 2 heterocycles. The number of hydrogen-bond donors (Lipinski definition) is 1. The number of nitrogens with two attached hydrogens (primary N) is 1. The Bertz CT molecular complexity index is 424. The fourth-order valence-corrected chi connectivity index (χ4v) is 2.94. The summed E-state index contributed by atoms with van der Waals surface area (Å²) in [5.41, 5.74) is 6.64. The fraction of sp³-hybridized carbons (Fsp3) is 0.643. The van der Waals surface area contributed by atoms with E-state index in [0.29, 0.717) is 17.6 Å². The van der Waals surface area contributed by atoms with Crippen LogP contribution in [0.5, 0.6) is 0 Å². The molecule has 1 atom stereocenters. The molecule has 1 unspecified atom stereocenters. The number of nitrogens with zero attached hydrogens (tertiary/aromatic N) is 3. The molecule has 1 saturated heterocycles. The van der Waals surface area contributed by atoms with Gasteiger partial charge >= 0.3 is 0 Å². The van der Waals surface area contributed by atoms with Crippen LogP contribution in [-0.2, 0) is 6.54 Å². The Hall–Kier alpha value is -0.840. The minimum absolute atomic E-state index is 0.451. The van der Waals surface area contributed by atoms with Crippen molar-refractivity contribution in [2.24, 2.45) is 5.73 Å². The van der Waals surface area contributed by atoms with Crippen molar-refractivity contribution in [3.05, 3.63) is 22.8 Å². The lowest BCUT2D eigenvalue weighted by molar-refractivity contribution is 0.270. The Labute approximate surface area is 120 Å². The van der Waals surface area contributed by atoms with E-state index in [-0.39, 0.29) is 0 Å². The molecule has 1 aliphatic rings. The highest BCUT2D eigenvalue weighted by Gasteiger charge is 2.24. The smallest absolute Gasteiger partial charge is 0.128 e. The highest BCUT2D eigenvalue weighted by Crippen LogP contribution is 2.22. The van der Waals surface area contributed by atoms with Crippen molar-refractivity contribution in [2.75, 3.05) is 31.6 Å². The van der Waals surface area contributed by atoms with Crippen molar-refractivity contribution < 1.29 is 0 Å². The van der Waals surface area contributed by atoms with Crippen molar-refractivity contribution in [3.8, 4) is 0 Å². The van der Waals surface area contributed by atoms with Gasteiger partial charge in [0.15, 0.2) is 0 Å². The number of rotatable bonds is 5. The number of aromatic nitrogens is 1. The topological polar surface area (TPSA) is 45.4 Å². The van der Waals surface area contributed by atoms with Crippen molar-refractivity contribution >= 4 is 17.4 Å². The normalized spacial score (nSPS) is 19.9. The molecule has 0 bridgehead atoms. The Kier molecular flexibility index (Phi) is 5.02. The average molecular weight is 283 g/mol. The molecule has 19 heavy (non-hydrogen) atoms. The Balaban J connectivity index is 2.05. The van der Waals surface area contributed by atoms with Crippen LogP contribution in [0.15, 0.2) is 12.3 Å². The van der Waals surface area contributed by atoms with Crippen molar-refractivity contribution in [3.63, 3.8) is 0 Å².